The summed E-state index contributed by atoms with van der Waals surface area (Å²) in [6, 6.07) is 2.59. The predicted molar refractivity (Wildman–Crippen MR) is 60.5 cm³/mol. The summed E-state index contributed by atoms with van der Waals surface area (Å²) in [6.45, 7) is 3.55. The fourth-order valence-corrected chi connectivity index (χ4v) is 0.964. The van der Waals surface area contributed by atoms with Gasteiger partial charge in [0, 0.05) is 6.08 Å². The van der Waals surface area contributed by atoms with Crippen LogP contribution in [0.5, 0.6) is 0 Å². The Morgan fingerprint density at radius 1 is 1.53 bits per heavy atom. The Labute approximate surface area is 97.0 Å². The summed E-state index contributed by atoms with van der Waals surface area (Å²) in [6.07, 6.45) is 2.56. The van der Waals surface area contributed by atoms with E-state index in [1.165, 1.54) is 24.4 Å². The van der Waals surface area contributed by atoms with Crippen LogP contribution in [0.4, 0.5) is 5.88 Å². The van der Waals surface area contributed by atoms with E-state index in [1.807, 2.05) is 0 Å². The molecule has 90 valence electrons. The van der Waals surface area contributed by atoms with Crippen LogP contribution in [0, 0.1) is 10.1 Å². The second kappa shape index (κ2) is 5.59. The summed E-state index contributed by atoms with van der Waals surface area (Å²) < 4.78 is 4.79. The number of nitro groups is 1. The minimum absolute atomic E-state index is 0.189. The molecule has 0 atom stereocenters. The number of amides is 1. The van der Waals surface area contributed by atoms with Gasteiger partial charge in [0.15, 0.2) is 5.76 Å². The quantitative estimate of drug-likeness (QED) is 0.372. The van der Waals surface area contributed by atoms with Gasteiger partial charge in [0.1, 0.15) is 4.92 Å². The highest BCUT2D eigenvalue weighted by Gasteiger charge is 2.10. The molecular formula is C10H11N3O4. The van der Waals surface area contributed by atoms with E-state index >= 15 is 0 Å². The third-order valence-electron chi connectivity index (χ3n) is 1.58. The Morgan fingerprint density at radius 2 is 2.24 bits per heavy atom. The first-order valence-corrected chi connectivity index (χ1v) is 4.71. The van der Waals surface area contributed by atoms with Crippen molar-refractivity contribution >= 4 is 18.0 Å². The third-order valence-corrected chi connectivity index (χ3v) is 1.58. The van der Waals surface area contributed by atoms with Crippen LogP contribution < -0.4 is 5.43 Å². The van der Waals surface area contributed by atoms with E-state index in [0.717, 1.165) is 5.57 Å². The number of furan rings is 1. The number of rotatable bonds is 4. The number of hydrazone groups is 1. The largest absolute Gasteiger partial charge is 0.433 e. The number of hydrogen-bond acceptors (Lipinski definition) is 5. The molecule has 7 nitrogen and oxygen atoms in total. The van der Waals surface area contributed by atoms with Crippen LogP contribution in [-0.2, 0) is 4.79 Å². The van der Waals surface area contributed by atoms with E-state index < -0.39 is 4.92 Å². The van der Waals surface area contributed by atoms with E-state index in [9.17, 15) is 14.9 Å². The van der Waals surface area contributed by atoms with Crippen LogP contribution in [0.3, 0.4) is 0 Å². The van der Waals surface area contributed by atoms with Crippen molar-refractivity contribution in [2.75, 3.05) is 0 Å². The molecule has 1 rings (SSSR count). The molecule has 0 aromatic carbocycles. The van der Waals surface area contributed by atoms with Gasteiger partial charge < -0.3 is 4.42 Å². The van der Waals surface area contributed by atoms with Crippen molar-refractivity contribution in [3.8, 4) is 0 Å². The zero-order valence-corrected chi connectivity index (χ0v) is 9.34. The number of allylic oxidation sites excluding steroid dienone is 1. The molecule has 0 aliphatic heterocycles. The molecule has 1 aromatic rings. The van der Waals surface area contributed by atoms with Crippen molar-refractivity contribution in [3.63, 3.8) is 0 Å². The van der Waals surface area contributed by atoms with Crippen LogP contribution >= 0.6 is 0 Å². The molecule has 0 aliphatic rings. The van der Waals surface area contributed by atoms with Crippen molar-refractivity contribution in [1.82, 2.24) is 5.43 Å². The number of carbonyl (C=O) groups is 1. The van der Waals surface area contributed by atoms with Crippen molar-refractivity contribution in [2.45, 2.75) is 13.8 Å². The fraction of sp³-hybridized carbons (Fsp3) is 0.200. The first-order chi connectivity index (χ1) is 7.99. The third kappa shape index (κ3) is 4.29. The Morgan fingerprint density at radius 3 is 2.76 bits per heavy atom. The lowest BCUT2D eigenvalue weighted by molar-refractivity contribution is -0.402. The first-order valence-electron chi connectivity index (χ1n) is 4.71. The van der Waals surface area contributed by atoms with E-state index in [-0.39, 0.29) is 17.6 Å². The maximum atomic E-state index is 11.1. The lowest BCUT2D eigenvalue weighted by Crippen LogP contribution is -2.14. The molecule has 0 saturated heterocycles. The lowest BCUT2D eigenvalue weighted by Gasteiger charge is -1.92. The topological polar surface area (TPSA) is 97.7 Å². The molecule has 17 heavy (non-hydrogen) atoms. The van der Waals surface area contributed by atoms with Gasteiger partial charge in [-0.15, -0.1) is 0 Å². The molecule has 0 saturated carbocycles. The highest BCUT2D eigenvalue weighted by atomic mass is 16.6. The molecule has 0 unspecified atom stereocenters. The summed E-state index contributed by atoms with van der Waals surface area (Å²) in [4.78, 5) is 20.8. The van der Waals surface area contributed by atoms with Crippen LogP contribution in [0.25, 0.3) is 0 Å². The molecular weight excluding hydrogens is 226 g/mol. The van der Waals surface area contributed by atoms with Gasteiger partial charge >= 0.3 is 5.88 Å². The van der Waals surface area contributed by atoms with E-state index in [4.69, 9.17) is 4.42 Å². The average Bonchev–Trinajstić information content (AvgIpc) is 2.65. The molecule has 1 amide bonds. The summed E-state index contributed by atoms with van der Waals surface area (Å²) in [5.41, 5.74) is 3.06. The van der Waals surface area contributed by atoms with Gasteiger partial charge in [0.2, 0.25) is 0 Å². The highest BCUT2D eigenvalue weighted by Crippen LogP contribution is 2.13. The maximum Gasteiger partial charge on any atom is 0.433 e. The minimum atomic E-state index is -0.654. The molecule has 0 aliphatic carbocycles. The van der Waals surface area contributed by atoms with Crippen molar-refractivity contribution < 1.29 is 14.1 Å². The standard InChI is InChI=1S/C10H11N3O4/c1-7(2)5-9(14)12-11-6-8-3-4-10(17-8)13(15)16/h3-6H,1-2H3,(H,12,14)/b11-6+. The summed E-state index contributed by atoms with van der Waals surface area (Å²) in [5.74, 6) is -0.557. The summed E-state index contributed by atoms with van der Waals surface area (Å²) in [5, 5.41) is 13.9. The van der Waals surface area contributed by atoms with Crippen LogP contribution in [-0.4, -0.2) is 17.0 Å². The Kier molecular flexibility index (Phi) is 4.15. The Hall–Kier alpha value is -2.44. The van der Waals surface area contributed by atoms with Gasteiger partial charge in [-0.25, -0.2) is 5.43 Å². The van der Waals surface area contributed by atoms with Gasteiger partial charge in [0.05, 0.1) is 12.3 Å². The predicted octanol–water partition coefficient (Wildman–Crippen LogP) is 1.60. The van der Waals surface area contributed by atoms with Gasteiger partial charge in [-0.05, 0) is 19.9 Å². The Bertz CT molecular complexity index is 483. The van der Waals surface area contributed by atoms with E-state index in [0.29, 0.717) is 0 Å². The van der Waals surface area contributed by atoms with Gasteiger partial charge in [0.25, 0.3) is 5.91 Å². The van der Waals surface area contributed by atoms with Gasteiger partial charge in [-0.2, -0.15) is 5.10 Å². The van der Waals surface area contributed by atoms with E-state index in [1.54, 1.807) is 13.8 Å². The van der Waals surface area contributed by atoms with Crippen molar-refractivity contribution in [1.29, 1.82) is 0 Å². The summed E-state index contributed by atoms with van der Waals surface area (Å²) in [7, 11) is 0. The number of carbonyl (C=O) groups excluding carboxylic acids is 1. The SMILES string of the molecule is CC(C)=CC(=O)N/N=C/c1ccc([N+](=O)[O-])o1. The molecule has 1 heterocycles. The Balaban J connectivity index is 2.56. The smallest absolute Gasteiger partial charge is 0.400 e. The molecule has 0 bridgehead atoms. The van der Waals surface area contributed by atoms with Gasteiger partial charge in [-0.1, -0.05) is 5.57 Å². The monoisotopic (exact) mass is 237 g/mol. The molecule has 1 aromatic heterocycles. The van der Waals surface area contributed by atoms with Gasteiger partial charge in [-0.3, -0.25) is 14.9 Å². The minimum Gasteiger partial charge on any atom is -0.400 e. The number of hydrogen-bond donors (Lipinski definition) is 1. The molecule has 0 fully saturated rings. The second-order valence-corrected chi connectivity index (χ2v) is 3.39. The van der Waals surface area contributed by atoms with Crippen molar-refractivity contribution in [3.05, 3.63) is 39.7 Å². The zero-order valence-electron chi connectivity index (χ0n) is 9.34. The number of nitrogens with one attached hydrogen (secondary N) is 1. The first kappa shape index (κ1) is 12.6. The lowest BCUT2D eigenvalue weighted by atomic mass is 10.3. The second-order valence-electron chi connectivity index (χ2n) is 3.39. The number of nitrogens with zero attached hydrogens (tertiary/aromatic N) is 2. The molecule has 7 heteroatoms. The zero-order chi connectivity index (χ0) is 12.8. The maximum absolute atomic E-state index is 11.1. The molecule has 0 radical (unpaired) electrons. The average molecular weight is 237 g/mol. The molecule has 1 N–H and O–H groups in total. The van der Waals surface area contributed by atoms with Crippen LogP contribution in [0.1, 0.15) is 19.6 Å². The summed E-state index contributed by atoms with van der Waals surface area (Å²) >= 11 is 0. The van der Waals surface area contributed by atoms with Crippen LogP contribution in [0.2, 0.25) is 0 Å². The van der Waals surface area contributed by atoms with Crippen molar-refractivity contribution in [2.24, 2.45) is 5.10 Å². The van der Waals surface area contributed by atoms with Crippen LogP contribution in [0.15, 0.2) is 33.3 Å². The fourth-order valence-electron chi connectivity index (χ4n) is 0.964. The normalized spacial score (nSPS) is 10.2. The highest BCUT2D eigenvalue weighted by molar-refractivity contribution is 5.89. The van der Waals surface area contributed by atoms with E-state index in [2.05, 4.69) is 10.5 Å². The molecule has 0 spiro atoms.